The van der Waals surface area contributed by atoms with Gasteiger partial charge in [-0.1, -0.05) is 237 Å². The van der Waals surface area contributed by atoms with E-state index in [1.54, 1.807) is 0 Å². The first-order valence-electron chi connectivity index (χ1n) is 36.1. The second kappa shape index (κ2) is 56.4. The molecule has 3 rings (SSSR count). The van der Waals surface area contributed by atoms with Gasteiger partial charge >= 0.3 is 0 Å². The van der Waals surface area contributed by atoms with Gasteiger partial charge in [-0.05, 0) is 103 Å². The molecular weight excluding hydrogens is 1230 g/mol. The Morgan fingerprint density at radius 3 is 1.12 bits per heavy atom. The Balaban J connectivity index is 1.33. The van der Waals surface area contributed by atoms with Gasteiger partial charge in [-0.25, -0.2) is 0 Å². The molecular formula is C77H125NO18. The van der Waals surface area contributed by atoms with Crippen LogP contribution in [-0.4, -0.2) is 193 Å². The summed E-state index contributed by atoms with van der Waals surface area (Å²) in [5.74, 6) is -0.276. The number of rotatable bonds is 53. The molecule has 0 bridgehead atoms. The van der Waals surface area contributed by atoms with E-state index < -0.39 is 124 Å². The number of hydrogen-bond donors (Lipinski definition) is 12. The SMILES string of the molecule is CC/C=C\C/C=C\C/C=C\C/C=C\C/C=C\C/C=C\C/C=C\C/C=C\C/C=C\C/C=C\C/C=C\C/C=C\CCCCCCC(=O)NC(COC1OC(CO)C(OC2OC(CO)C(OC3OC(CO)C(O)C(O)C3O)C(O)C2O)C(O)C1O)C(O)CCCCCCCCCCCC. The van der Waals surface area contributed by atoms with E-state index in [0.717, 1.165) is 128 Å². The molecule has 12 N–H and O–H groups in total. The third-order valence-corrected chi connectivity index (χ3v) is 16.9. The van der Waals surface area contributed by atoms with Gasteiger partial charge in [-0.3, -0.25) is 4.79 Å². The molecule has 0 spiro atoms. The molecule has 17 atom stereocenters. The summed E-state index contributed by atoms with van der Waals surface area (Å²) in [6, 6.07) is -0.910. The molecule has 0 saturated carbocycles. The normalized spacial score (nSPS) is 27.9. The van der Waals surface area contributed by atoms with Crippen LogP contribution in [0.5, 0.6) is 0 Å². The van der Waals surface area contributed by atoms with Gasteiger partial charge in [0.2, 0.25) is 5.91 Å². The average molecular weight is 1350 g/mol. The number of hydrogen-bond acceptors (Lipinski definition) is 18. The number of unbranched alkanes of at least 4 members (excludes halogenated alkanes) is 13. The molecule has 19 heteroatoms. The number of carbonyl (C=O) groups is 1. The molecule has 3 fully saturated rings. The van der Waals surface area contributed by atoms with Crippen molar-refractivity contribution in [1.29, 1.82) is 0 Å². The van der Waals surface area contributed by atoms with E-state index in [1.807, 2.05) is 0 Å². The third-order valence-electron chi connectivity index (χ3n) is 16.9. The Hall–Kier alpha value is -4.33. The van der Waals surface area contributed by atoms with Crippen molar-refractivity contribution in [2.24, 2.45) is 0 Å². The van der Waals surface area contributed by atoms with Crippen molar-refractivity contribution < 1.29 is 89.4 Å². The fourth-order valence-electron chi connectivity index (χ4n) is 11.1. The predicted molar refractivity (Wildman–Crippen MR) is 378 cm³/mol. The molecule has 546 valence electrons. The molecule has 3 saturated heterocycles. The van der Waals surface area contributed by atoms with E-state index in [2.05, 4.69) is 165 Å². The van der Waals surface area contributed by atoms with Crippen molar-refractivity contribution in [3.05, 3.63) is 146 Å². The summed E-state index contributed by atoms with van der Waals surface area (Å²) in [5.41, 5.74) is 0. The molecule has 0 aromatic heterocycles. The highest BCUT2D eigenvalue weighted by atomic mass is 16.8. The molecule has 1 amide bonds. The van der Waals surface area contributed by atoms with Crippen LogP contribution in [0.3, 0.4) is 0 Å². The van der Waals surface area contributed by atoms with E-state index >= 15 is 0 Å². The molecule has 0 aromatic carbocycles. The van der Waals surface area contributed by atoms with Gasteiger partial charge < -0.3 is 89.9 Å². The minimum absolute atomic E-state index is 0.227. The molecule has 17 unspecified atom stereocenters. The maximum atomic E-state index is 13.4. The van der Waals surface area contributed by atoms with Gasteiger partial charge in [0.15, 0.2) is 18.9 Å². The fraction of sp³-hybridized carbons (Fsp3) is 0.675. The number of allylic oxidation sites excluding steroid dienone is 24. The van der Waals surface area contributed by atoms with Crippen molar-refractivity contribution >= 4 is 5.91 Å². The highest BCUT2D eigenvalue weighted by Gasteiger charge is 2.53. The van der Waals surface area contributed by atoms with Crippen molar-refractivity contribution in [2.75, 3.05) is 26.4 Å². The molecule has 3 heterocycles. The number of amides is 1. The lowest BCUT2D eigenvalue weighted by Gasteiger charge is -2.48. The first-order valence-corrected chi connectivity index (χ1v) is 36.1. The minimum Gasteiger partial charge on any atom is -0.394 e. The Morgan fingerprint density at radius 2 is 0.719 bits per heavy atom. The summed E-state index contributed by atoms with van der Waals surface area (Å²) in [5, 5.41) is 120. The topological polar surface area (TPSA) is 307 Å². The van der Waals surface area contributed by atoms with E-state index in [4.69, 9.17) is 28.4 Å². The molecule has 96 heavy (non-hydrogen) atoms. The van der Waals surface area contributed by atoms with E-state index in [9.17, 15) is 61.0 Å². The second-order valence-corrected chi connectivity index (χ2v) is 25.0. The zero-order valence-electron chi connectivity index (χ0n) is 57.8. The summed E-state index contributed by atoms with van der Waals surface area (Å²) in [4.78, 5) is 13.4. The number of nitrogens with one attached hydrogen (secondary N) is 1. The third kappa shape index (κ3) is 37.2. The summed E-state index contributed by atoms with van der Waals surface area (Å²) in [6.07, 6.45) is 53.9. The Bertz CT molecular complexity index is 2310. The van der Waals surface area contributed by atoms with Crippen LogP contribution in [-0.2, 0) is 33.2 Å². The van der Waals surface area contributed by atoms with E-state index in [-0.39, 0.29) is 18.9 Å². The number of aliphatic hydroxyl groups excluding tert-OH is 11. The van der Waals surface area contributed by atoms with Crippen molar-refractivity contribution in [2.45, 2.75) is 304 Å². The van der Waals surface area contributed by atoms with Crippen LogP contribution >= 0.6 is 0 Å². The highest BCUT2D eigenvalue weighted by molar-refractivity contribution is 5.76. The predicted octanol–water partition coefficient (Wildman–Crippen LogP) is 10.3. The summed E-state index contributed by atoms with van der Waals surface area (Å²) in [6.45, 7) is 1.61. The first-order chi connectivity index (χ1) is 46.8. The lowest BCUT2D eigenvalue weighted by molar-refractivity contribution is -0.379. The fourth-order valence-corrected chi connectivity index (χ4v) is 11.1. The lowest BCUT2D eigenvalue weighted by atomic mass is 9.96. The second-order valence-electron chi connectivity index (χ2n) is 25.0. The molecule has 3 aliphatic heterocycles. The Morgan fingerprint density at radius 1 is 0.385 bits per heavy atom. The van der Waals surface area contributed by atoms with Crippen LogP contribution in [0.15, 0.2) is 146 Å². The van der Waals surface area contributed by atoms with Crippen LogP contribution in [0, 0.1) is 0 Å². The molecule has 0 aliphatic carbocycles. The Kier molecular flexibility index (Phi) is 50.5. The molecule has 0 radical (unpaired) electrons. The smallest absolute Gasteiger partial charge is 0.220 e. The largest absolute Gasteiger partial charge is 0.394 e. The number of ether oxygens (including phenoxy) is 6. The van der Waals surface area contributed by atoms with Crippen molar-refractivity contribution in [3.8, 4) is 0 Å². The first kappa shape index (κ1) is 85.9. The van der Waals surface area contributed by atoms with E-state index in [1.165, 1.54) is 32.1 Å². The maximum absolute atomic E-state index is 13.4. The zero-order valence-corrected chi connectivity index (χ0v) is 57.8. The number of carbonyl (C=O) groups excluding carboxylic acids is 1. The van der Waals surface area contributed by atoms with Crippen LogP contribution in [0.2, 0.25) is 0 Å². The van der Waals surface area contributed by atoms with E-state index in [0.29, 0.717) is 19.3 Å². The monoisotopic (exact) mass is 1350 g/mol. The van der Waals surface area contributed by atoms with Gasteiger partial charge in [0.1, 0.15) is 73.2 Å². The maximum Gasteiger partial charge on any atom is 0.220 e. The van der Waals surface area contributed by atoms with Crippen LogP contribution in [0.25, 0.3) is 0 Å². The van der Waals surface area contributed by atoms with Gasteiger partial charge in [0.05, 0.1) is 38.6 Å². The van der Waals surface area contributed by atoms with Gasteiger partial charge in [0.25, 0.3) is 0 Å². The molecule has 3 aliphatic rings. The van der Waals surface area contributed by atoms with Crippen LogP contribution < -0.4 is 5.32 Å². The standard InChI is InChI=1S/C77H125NO18/c1-3-5-7-9-11-13-15-16-17-18-19-20-21-22-23-24-25-26-27-28-29-30-31-32-33-34-35-36-37-38-39-40-41-42-43-44-45-47-49-51-53-55-65(83)78-60(61(82)54-52-50-48-46-14-12-10-8-6-4-2)59-91-75-71(89)68(86)73(63(57-80)93-75)96-77-72(90)69(87)74(64(58-81)94-77)95-76-70(88)67(85)66(84)62(56-79)92-76/h5,7,11,13,16-17,19-20,22-23,25-26,28-29,31-32,34-35,37-38,40-41,43-44,60-64,66-77,79-82,84-90H,3-4,6,8-10,12,14-15,18,21,24,27,30,33,36,39,42,45-59H2,1-2H3,(H,78,83)/b7-5-,13-11-,17-16-,20-19-,23-22-,26-25-,29-28-,32-31-,35-34-,38-37-,41-40-,44-43-. The van der Waals surface area contributed by atoms with Crippen LogP contribution in [0.4, 0.5) is 0 Å². The van der Waals surface area contributed by atoms with Gasteiger partial charge in [-0.15, -0.1) is 0 Å². The summed E-state index contributed by atoms with van der Waals surface area (Å²) in [7, 11) is 0. The van der Waals surface area contributed by atoms with Crippen molar-refractivity contribution in [3.63, 3.8) is 0 Å². The van der Waals surface area contributed by atoms with Gasteiger partial charge in [-0.2, -0.15) is 0 Å². The van der Waals surface area contributed by atoms with Crippen molar-refractivity contribution in [1.82, 2.24) is 5.32 Å². The number of aliphatic hydroxyl groups is 11. The molecule has 19 nitrogen and oxygen atoms in total. The summed E-state index contributed by atoms with van der Waals surface area (Å²) >= 11 is 0. The lowest BCUT2D eigenvalue weighted by Crippen LogP contribution is -2.66. The summed E-state index contributed by atoms with van der Waals surface area (Å²) < 4.78 is 34.3. The Labute approximate surface area is 574 Å². The highest BCUT2D eigenvalue weighted by Crippen LogP contribution is 2.33. The average Bonchev–Trinajstić information content (AvgIpc) is 0.849. The van der Waals surface area contributed by atoms with Crippen LogP contribution in [0.1, 0.15) is 200 Å². The minimum atomic E-state index is -1.98. The molecule has 0 aromatic rings. The quantitative estimate of drug-likeness (QED) is 0.0199. The van der Waals surface area contributed by atoms with Gasteiger partial charge in [0, 0.05) is 6.42 Å². The zero-order chi connectivity index (χ0) is 69.6.